The molecular weight excluding hydrogens is 248 g/mol. The average Bonchev–Trinajstić information content (AvgIpc) is 2.40. The summed E-state index contributed by atoms with van der Waals surface area (Å²) in [6.07, 6.45) is 3.01. The summed E-state index contributed by atoms with van der Waals surface area (Å²) in [5, 5.41) is 0. The second-order valence-corrected chi connectivity index (χ2v) is 4.44. The van der Waals surface area contributed by atoms with E-state index in [1.54, 1.807) is 31.9 Å². The Hall–Kier alpha value is -1.40. The first-order valence-electron chi connectivity index (χ1n) is 6.40. The van der Waals surface area contributed by atoms with Gasteiger partial charge in [-0.25, -0.2) is 4.79 Å². The molecule has 0 spiro atoms. The SMILES string of the molecule is COCCCn1cc(C)c(=O)n(CCCOC)c1=O. The fraction of sp³-hybridized carbons (Fsp3) is 0.692. The third kappa shape index (κ3) is 4.33. The van der Waals surface area contributed by atoms with E-state index in [2.05, 4.69) is 0 Å². The van der Waals surface area contributed by atoms with E-state index in [0.717, 1.165) is 6.42 Å². The van der Waals surface area contributed by atoms with Crippen LogP contribution in [-0.4, -0.2) is 36.6 Å². The summed E-state index contributed by atoms with van der Waals surface area (Å²) in [6.45, 7) is 3.79. The standard InChI is InChI=1S/C13H22N2O4/c1-11-10-14(6-4-8-18-2)13(17)15(12(11)16)7-5-9-19-3/h10H,4-9H2,1-3H3. The number of hydrogen-bond donors (Lipinski definition) is 0. The van der Waals surface area contributed by atoms with Gasteiger partial charge in [0.1, 0.15) is 0 Å². The molecule has 0 radical (unpaired) electrons. The Morgan fingerprint density at radius 1 is 1.05 bits per heavy atom. The van der Waals surface area contributed by atoms with E-state index in [1.807, 2.05) is 0 Å². The molecule has 0 saturated carbocycles. The lowest BCUT2D eigenvalue weighted by atomic mass is 10.3. The molecule has 1 aromatic heterocycles. The highest BCUT2D eigenvalue weighted by atomic mass is 16.5. The van der Waals surface area contributed by atoms with Gasteiger partial charge in [-0.05, 0) is 19.8 Å². The van der Waals surface area contributed by atoms with Crippen LogP contribution in [0.2, 0.25) is 0 Å². The van der Waals surface area contributed by atoms with Crippen molar-refractivity contribution in [2.45, 2.75) is 32.9 Å². The lowest BCUT2D eigenvalue weighted by Crippen LogP contribution is -2.41. The summed E-state index contributed by atoms with van der Waals surface area (Å²) in [4.78, 5) is 24.1. The van der Waals surface area contributed by atoms with Crippen molar-refractivity contribution in [3.8, 4) is 0 Å². The number of hydrogen-bond acceptors (Lipinski definition) is 4. The molecule has 0 aliphatic heterocycles. The highest BCUT2D eigenvalue weighted by Crippen LogP contribution is 1.92. The first kappa shape index (κ1) is 15.7. The van der Waals surface area contributed by atoms with Gasteiger partial charge in [0, 0.05) is 52.3 Å². The zero-order valence-corrected chi connectivity index (χ0v) is 11.8. The second kappa shape index (κ2) is 7.91. The van der Waals surface area contributed by atoms with Crippen LogP contribution in [0.5, 0.6) is 0 Å². The largest absolute Gasteiger partial charge is 0.385 e. The molecule has 0 saturated heterocycles. The van der Waals surface area contributed by atoms with Crippen molar-refractivity contribution in [2.24, 2.45) is 0 Å². The molecule has 1 heterocycles. The zero-order valence-electron chi connectivity index (χ0n) is 11.8. The van der Waals surface area contributed by atoms with Gasteiger partial charge in [-0.2, -0.15) is 0 Å². The maximum absolute atomic E-state index is 12.2. The molecule has 0 N–H and O–H groups in total. The molecule has 19 heavy (non-hydrogen) atoms. The van der Waals surface area contributed by atoms with Crippen molar-refractivity contribution in [3.63, 3.8) is 0 Å². The summed E-state index contributed by atoms with van der Waals surface area (Å²) in [5.41, 5.74) is 0.0985. The van der Waals surface area contributed by atoms with Gasteiger partial charge in [0.15, 0.2) is 0 Å². The van der Waals surface area contributed by atoms with E-state index in [0.29, 0.717) is 38.3 Å². The second-order valence-electron chi connectivity index (χ2n) is 4.44. The molecule has 0 fully saturated rings. The van der Waals surface area contributed by atoms with Crippen LogP contribution < -0.4 is 11.2 Å². The van der Waals surface area contributed by atoms with Crippen LogP contribution in [-0.2, 0) is 22.6 Å². The van der Waals surface area contributed by atoms with E-state index >= 15 is 0 Å². The quantitative estimate of drug-likeness (QED) is 0.641. The Kier molecular flexibility index (Phi) is 6.52. The fourth-order valence-corrected chi connectivity index (χ4v) is 1.90. The van der Waals surface area contributed by atoms with E-state index in [9.17, 15) is 9.59 Å². The topological polar surface area (TPSA) is 62.5 Å². The first-order valence-corrected chi connectivity index (χ1v) is 6.40. The predicted octanol–water partition coefficient (Wildman–Crippen LogP) is 0.391. The summed E-state index contributed by atoms with van der Waals surface area (Å²) in [7, 11) is 3.22. The number of rotatable bonds is 8. The molecule has 0 amide bonds. The van der Waals surface area contributed by atoms with Crippen LogP contribution in [0, 0.1) is 6.92 Å². The van der Waals surface area contributed by atoms with Crippen LogP contribution in [0.15, 0.2) is 15.8 Å². The van der Waals surface area contributed by atoms with Gasteiger partial charge < -0.3 is 14.0 Å². The van der Waals surface area contributed by atoms with Crippen molar-refractivity contribution in [1.82, 2.24) is 9.13 Å². The highest BCUT2D eigenvalue weighted by molar-refractivity contribution is 5.02. The van der Waals surface area contributed by atoms with Gasteiger partial charge in [-0.3, -0.25) is 9.36 Å². The summed E-state index contributed by atoms with van der Waals surface area (Å²) in [5.74, 6) is 0. The molecule has 6 heteroatoms. The van der Waals surface area contributed by atoms with Gasteiger partial charge in [0.2, 0.25) is 0 Å². The van der Waals surface area contributed by atoms with E-state index < -0.39 is 0 Å². The zero-order chi connectivity index (χ0) is 14.3. The van der Waals surface area contributed by atoms with Crippen LogP contribution in [0.3, 0.4) is 0 Å². The molecule has 6 nitrogen and oxygen atoms in total. The Labute approximate surface area is 112 Å². The number of aryl methyl sites for hydroxylation is 2. The highest BCUT2D eigenvalue weighted by Gasteiger charge is 2.08. The molecule has 0 unspecified atom stereocenters. The van der Waals surface area contributed by atoms with Crippen LogP contribution in [0.25, 0.3) is 0 Å². The molecule has 108 valence electrons. The molecule has 0 aliphatic carbocycles. The fourth-order valence-electron chi connectivity index (χ4n) is 1.90. The van der Waals surface area contributed by atoms with E-state index in [-0.39, 0.29) is 11.2 Å². The van der Waals surface area contributed by atoms with Crippen molar-refractivity contribution in [3.05, 3.63) is 32.6 Å². The van der Waals surface area contributed by atoms with Gasteiger partial charge >= 0.3 is 5.69 Å². The van der Waals surface area contributed by atoms with Gasteiger partial charge in [-0.1, -0.05) is 0 Å². The first-order chi connectivity index (χ1) is 9.11. The van der Waals surface area contributed by atoms with Gasteiger partial charge in [-0.15, -0.1) is 0 Å². The number of methoxy groups -OCH3 is 2. The Balaban J connectivity index is 2.94. The minimum absolute atomic E-state index is 0.218. The maximum Gasteiger partial charge on any atom is 0.330 e. The predicted molar refractivity (Wildman–Crippen MR) is 72.7 cm³/mol. The third-order valence-corrected chi connectivity index (χ3v) is 2.89. The van der Waals surface area contributed by atoms with Crippen LogP contribution in [0.1, 0.15) is 18.4 Å². The lowest BCUT2D eigenvalue weighted by molar-refractivity contribution is 0.187. The van der Waals surface area contributed by atoms with Crippen LogP contribution >= 0.6 is 0 Å². The lowest BCUT2D eigenvalue weighted by Gasteiger charge is -2.11. The smallest absolute Gasteiger partial charge is 0.330 e. The monoisotopic (exact) mass is 270 g/mol. The molecular formula is C13H22N2O4. The normalized spacial score (nSPS) is 10.9. The van der Waals surface area contributed by atoms with Gasteiger partial charge in [0.05, 0.1) is 0 Å². The Morgan fingerprint density at radius 3 is 2.21 bits per heavy atom. The maximum atomic E-state index is 12.2. The van der Waals surface area contributed by atoms with Gasteiger partial charge in [0.25, 0.3) is 5.56 Å². The number of ether oxygens (including phenoxy) is 2. The summed E-state index contributed by atoms with van der Waals surface area (Å²) < 4.78 is 12.8. The Morgan fingerprint density at radius 2 is 1.63 bits per heavy atom. The molecule has 0 bridgehead atoms. The number of aromatic nitrogens is 2. The molecule has 0 aromatic carbocycles. The molecule has 1 aromatic rings. The van der Waals surface area contributed by atoms with Crippen molar-refractivity contribution in [1.29, 1.82) is 0 Å². The summed E-state index contributed by atoms with van der Waals surface area (Å²) >= 11 is 0. The number of nitrogens with zero attached hydrogens (tertiary/aromatic N) is 2. The van der Waals surface area contributed by atoms with Crippen molar-refractivity contribution in [2.75, 3.05) is 27.4 Å². The Bertz CT molecular complexity index is 504. The molecule has 0 aliphatic rings. The third-order valence-electron chi connectivity index (χ3n) is 2.89. The average molecular weight is 270 g/mol. The van der Waals surface area contributed by atoms with Crippen molar-refractivity contribution < 1.29 is 9.47 Å². The summed E-state index contributed by atoms with van der Waals surface area (Å²) in [6, 6.07) is 0. The van der Waals surface area contributed by atoms with E-state index in [4.69, 9.17) is 9.47 Å². The minimum Gasteiger partial charge on any atom is -0.385 e. The van der Waals surface area contributed by atoms with E-state index in [1.165, 1.54) is 4.57 Å². The minimum atomic E-state index is -0.261. The van der Waals surface area contributed by atoms with Crippen molar-refractivity contribution >= 4 is 0 Å². The van der Waals surface area contributed by atoms with Crippen LogP contribution in [0.4, 0.5) is 0 Å². The molecule has 1 rings (SSSR count). The molecule has 0 atom stereocenters.